The molecule has 9 heteroatoms. The zero-order chi connectivity index (χ0) is 17.3. The van der Waals surface area contributed by atoms with Gasteiger partial charge in [0.05, 0.1) is 17.1 Å². The molecule has 1 amide bonds. The Bertz CT molecular complexity index is 737. The molecule has 1 aliphatic rings. The third-order valence-corrected chi connectivity index (χ3v) is 4.63. The van der Waals surface area contributed by atoms with Gasteiger partial charge in [0.1, 0.15) is 12.1 Å². The number of nitrogens with two attached hydrogens (primary N) is 1. The molecule has 2 aromatic rings. The normalized spacial score (nSPS) is 17.3. The number of hydrogen-bond donors (Lipinski definition) is 1. The van der Waals surface area contributed by atoms with Gasteiger partial charge in [0.15, 0.2) is 5.65 Å². The van der Waals surface area contributed by atoms with Crippen LogP contribution < -0.4 is 10.6 Å². The lowest BCUT2D eigenvalue weighted by Crippen LogP contribution is -2.58. The Morgan fingerprint density at radius 1 is 1.28 bits per heavy atom. The molecule has 1 unspecified atom stereocenters. The van der Waals surface area contributed by atoms with Crippen LogP contribution in [0.2, 0.25) is 0 Å². The number of aromatic nitrogens is 4. The number of halogens is 1. The van der Waals surface area contributed by atoms with Crippen LogP contribution in [0.1, 0.15) is 26.7 Å². The van der Waals surface area contributed by atoms with Gasteiger partial charge in [-0.3, -0.25) is 9.48 Å². The standard InChI is InChI=1S/C16H25N7O.ClH/c1-4-5-16(2,17)15(24)23-8-6-22(7-9-23)14-12-10-20-21(3)13(12)18-11-19-14;/h10-11H,4-9,17H2,1-3H3;1H. The number of fused-ring (bicyclic) bond motifs is 1. The molecule has 3 rings (SSSR count). The molecule has 3 heterocycles. The van der Waals surface area contributed by atoms with Crippen molar-refractivity contribution < 1.29 is 4.79 Å². The third-order valence-electron chi connectivity index (χ3n) is 4.63. The van der Waals surface area contributed by atoms with E-state index < -0.39 is 5.54 Å². The van der Waals surface area contributed by atoms with E-state index in [0.717, 1.165) is 36.4 Å². The molecule has 0 aromatic carbocycles. The fourth-order valence-electron chi connectivity index (χ4n) is 3.31. The summed E-state index contributed by atoms with van der Waals surface area (Å²) < 4.78 is 1.74. The molecule has 138 valence electrons. The average molecular weight is 368 g/mol. The van der Waals surface area contributed by atoms with Crippen LogP contribution in [-0.4, -0.2) is 62.3 Å². The quantitative estimate of drug-likeness (QED) is 0.864. The van der Waals surface area contributed by atoms with Crippen LogP contribution in [0.15, 0.2) is 12.5 Å². The van der Waals surface area contributed by atoms with Gasteiger partial charge in [-0.15, -0.1) is 12.4 Å². The number of rotatable bonds is 4. The summed E-state index contributed by atoms with van der Waals surface area (Å²) in [5.74, 6) is 0.919. The Labute approximate surface area is 153 Å². The summed E-state index contributed by atoms with van der Waals surface area (Å²) in [6.07, 6.45) is 4.96. The van der Waals surface area contributed by atoms with Crippen molar-refractivity contribution in [1.82, 2.24) is 24.6 Å². The van der Waals surface area contributed by atoms with E-state index in [2.05, 4.69) is 20.0 Å². The highest BCUT2D eigenvalue weighted by Crippen LogP contribution is 2.24. The van der Waals surface area contributed by atoms with Crippen molar-refractivity contribution in [2.24, 2.45) is 12.8 Å². The lowest BCUT2D eigenvalue weighted by Gasteiger charge is -2.39. The van der Waals surface area contributed by atoms with Crippen molar-refractivity contribution in [3.05, 3.63) is 12.5 Å². The summed E-state index contributed by atoms with van der Waals surface area (Å²) >= 11 is 0. The Morgan fingerprint density at radius 2 is 1.96 bits per heavy atom. The molecule has 0 bridgehead atoms. The predicted octanol–water partition coefficient (Wildman–Crippen LogP) is 0.951. The maximum atomic E-state index is 12.6. The van der Waals surface area contributed by atoms with Crippen LogP contribution in [0.5, 0.6) is 0 Å². The van der Waals surface area contributed by atoms with Gasteiger partial charge in [-0.05, 0) is 13.3 Å². The van der Waals surface area contributed by atoms with E-state index in [4.69, 9.17) is 5.73 Å². The smallest absolute Gasteiger partial charge is 0.242 e. The van der Waals surface area contributed by atoms with Crippen LogP contribution in [0.4, 0.5) is 5.82 Å². The van der Waals surface area contributed by atoms with Crippen molar-refractivity contribution in [1.29, 1.82) is 0 Å². The number of hydrogen-bond acceptors (Lipinski definition) is 6. The zero-order valence-electron chi connectivity index (χ0n) is 15.0. The number of anilines is 1. The topological polar surface area (TPSA) is 93.2 Å². The van der Waals surface area contributed by atoms with Crippen LogP contribution in [0, 0.1) is 0 Å². The molecule has 8 nitrogen and oxygen atoms in total. The highest BCUT2D eigenvalue weighted by atomic mass is 35.5. The SMILES string of the molecule is CCCC(C)(N)C(=O)N1CCN(c2ncnc3c2cnn3C)CC1.Cl. The van der Waals surface area contributed by atoms with Crippen molar-refractivity contribution in [3.63, 3.8) is 0 Å². The van der Waals surface area contributed by atoms with E-state index in [0.29, 0.717) is 19.5 Å². The summed E-state index contributed by atoms with van der Waals surface area (Å²) in [5.41, 5.74) is 6.23. The number of carbonyl (C=O) groups is 1. The molecule has 0 aliphatic carbocycles. The summed E-state index contributed by atoms with van der Waals surface area (Å²) in [5, 5.41) is 5.19. The predicted molar refractivity (Wildman–Crippen MR) is 99.8 cm³/mol. The van der Waals surface area contributed by atoms with E-state index in [9.17, 15) is 4.79 Å². The summed E-state index contributed by atoms with van der Waals surface area (Å²) in [6.45, 7) is 6.64. The monoisotopic (exact) mass is 367 g/mol. The van der Waals surface area contributed by atoms with E-state index >= 15 is 0 Å². The van der Waals surface area contributed by atoms with E-state index in [1.165, 1.54) is 0 Å². The minimum Gasteiger partial charge on any atom is -0.352 e. The molecule has 2 aromatic heterocycles. The lowest BCUT2D eigenvalue weighted by atomic mass is 9.95. The second kappa shape index (κ2) is 7.53. The molecule has 2 N–H and O–H groups in total. The zero-order valence-corrected chi connectivity index (χ0v) is 15.8. The summed E-state index contributed by atoms with van der Waals surface area (Å²) in [6, 6.07) is 0. The van der Waals surface area contributed by atoms with Crippen molar-refractivity contribution in [2.45, 2.75) is 32.2 Å². The van der Waals surface area contributed by atoms with Gasteiger partial charge in [0.2, 0.25) is 5.91 Å². The Morgan fingerprint density at radius 3 is 2.60 bits per heavy atom. The molecule has 25 heavy (non-hydrogen) atoms. The van der Waals surface area contributed by atoms with Crippen LogP contribution in [0.3, 0.4) is 0 Å². The van der Waals surface area contributed by atoms with Crippen molar-refractivity contribution in [3.8, 4) is 0 Å². The number of carbonyl (C=O) groups excluding carboxylic acids is 1. The van der Waals surface area contributed by atoms with Gasteiger partial charge in [0.25, 0.3) is 0 Å². The first-order valence-corrected chi connectivity index (χ1v) is 8.40. The Kier molecular flexibility index (Phi) is 5.84. The number of piperazine rings is 1. The van der Waals surface area contributed by atoms with E-state index in [1.54, 1.807) is 17.2 Å². The maximum absolute atomic E-state index is 12.6. The molecule has 0 radical (unpaired) electrons. The fraction of sp³-hybridized carbons (Fsp3) is 0.625. The highest BCUT2D eigenvalue weighted by Gasteiger charge is 2.33. The third kappa shape index (κ3) is 3.69. The second-order valence-electron chi connectivity index (χ2n) is 6.65. The molecular weight excluding hydrogens is 342 g/mol. The first-order chi connectivity index (χ1) is 11.4. The molecule has 0 saturated carbocycles. The fourth-order valence-corrected chi connectivity index (χ4v) is 3.31. The van der Waals surface area contributed by atoms with E-state index in [1.807, 2.05) is 25.8 Å². The van der Waals surface area contributed by atoms with Gasteiger partial charge in [-0.2, -0.15) is 5.10 Å². The second-order valence-corrected chi connectivity index (χ2v) is 6.65. The van der Waals surface area contributed by atoms with Crippen molar-refractivity contribution >= 4 is 35.2 Å². The van der Waals surface area contributed by atoms with Gasteiger partial charge in [-0.1, -0.05) is 13.3 Å². The first kappa shape index (κ1) is 19.4. The first-order valence-electron chi connectivity index (χ1n) is 8.40. The molecular formula is C16H26ClN7O. The van der Waals surface area contributed by atoms with Gasteiger partial charge >= 0.3 is 0 Å². The summed E-state index contributed by atoms with van der Waals surface area (Å²) in [7, 11) is 1.87. The Balaban J connectivity index is 0.00000225. The number of aryl methyl sites for hydroxylation is 1. The molecule has 1 saturated heterocycles. The Hall–Kier alpha value is -1.93. The van der Waals surface area contributed by atoms with Crippen LogP contribution in [-0.2, 0) is 11.8 Å². The molecule has 1 aliphatic heterocycles. The van der Waals surface area contributed by atoms with E-state index in [-0.39, 0.29) is 18.3 Å². The lowest BCUT2D eigenvalue weighted by molar-refractivity contribution is -0.137. The highest BCUT2D eigenvalue weighted by molar-refractivity contribution is 5.88. The minimum absolute atomic E-state index is 0. The molecule has 1 fully saturated rings. The molecule has 0 spiro atoms. The van der Waals surface area contributed by atoms with Crippen LogP contribution in [0.25, 0.3) is 11.0 Å². The number of amides is 1. The van der Waals surface area contributed by atoms with Crippen molar-refractivity contribution in [2.75, 3.05) is 31.1 Å². The number of nitrogens with zero attached hydrogens (tertiary/aromatic N) is 6. The molecule has 1 atom stereocenters. The van der Waals surface area contributed by atoms with Gasteiger partial charge < -0.3 is 15.5 Å². The summed E-state index contributed by atoms with van der Waals surface area (Å²) in [4.78, 5) is 25.4. The average Bonchev–Trinajstić information content (AvgIpc) is 2.96. The largest absolute Gasteiger partial charge is 0.352 e. The van der Waals surface area contributed by atoms with Gasteiger partial charge in [-0.25, -0.2) is 9.97 Å². The van der Waals surface area contributed by atoms with Gasteiger partial charge in [0, 0.05) is 33.2 Å². The maximum Gasteiger partial charge on any atom is 0.242 e. The van der Waals surface area contributed by atoms with Crippen LogP contribution >= 0.6 is 12.4 Å². The minimum atomic E-state index is -0.775.